The average molecular weight is 313 g/mol. The third-order valence-electron chi connectivity index (χ3n) is 4.08. The lowest BCUT2D eigenvalue weighted by atomic mass is 10.1. The Bertz CT molecular complexity index is 665. The molecule has 6 heteroatoms. The molecule has 3 heterocycles. The molecule has 0 spiro atoms. The number of benzene rings is 1. The van der Waals surface area contributed by atoms with Gasteiger partial charge < -0.3 is 14.2 Å². The molecule has 1 atom stereocenters. The Morgan fingerprint density at radius 2 is 2.00 bits per heavy atom. The molecule has 2 aliphatic heterocycles. The summed E-state index contributed by atoms with van der Waals surface area (Å²) in [4.78, 5) is 10.8. The maximum Gasteiger partial charge on any atom is 0.161 e. The first-order valence-corrected chi connectivity index (χ1v) is 7.87. The van der Waals surface area contributed by atoms with Crippen LogP contribution in [0.4, 0.5) is 0 Å². The second kappa shape index (κ2) is 6.52. The number of aromatic nitrogens is 2. The number of rotatable bonds is 3. The lowest BCUT2D eigenvalue weighted by Crippen LogP contribution is -2.38. The van der Waals surface area contributed by atoms with Gasteiger partial charge in [0, 0.05) is 32.0 Å². The van der Waals surface area contributed by atoms with Gasteiger partial charge in [0.15, 0.2) is 11.5 Å². The highest BCUT2D eigenvalue weighted by molar-refractivity contribution is 5.43. The summed E-state index contributed by atoms with van der Waals surface area (Å²) >= 11 is 0. The van der Waals surface area contributed by atoms with Gasteiger partial charge in [0.1, 0.15) is 19.3 Å². The average Bonchev–Trinajstić information content (AvgIpc) is 2.63. The Kier molecular flexibility index (Phi) is 4.08. The molecule has 120 valence electrons. The Labute approximate surface area is 135 Å². The van der Waals surface area contributed by atoms with Gasteiger partial charge in [-0.25, -0.2) is 0 Å². The van der Waals surface area contributed by atoms with Crippen molar-refractivity contribution in [3.63, 3.8) is 0 Å². The minimum atomic E-state index is -0.0188. The minimum Gasteiger partial charge on any atom is -0.486 e. The molecule has 0 amide bonds. The highest BCUT2D eigenvalue weighted by atomic mass is 16.6. The van der Waals surface area contributed by atoms with Crippen LogP contribution in [0.3, 0.4) is 0 Å². The van der Waals surface area contributed by atoms with Crippen LogP contribution in [0.2, 0.25) is 0 Å². The van der Waals surface area contributed by atoms with Crippen molar-refractivity contribution in [3.8, 4) is 11.5 Å². The molecule has 2 aromatic rings. The van der Waals surface area contributed by atoms with E-state index in [-0.39, 0.29) is 6.10 Å². The van der Waals surface area contributed by atoms with E-state index < -0.39 is 0 Å². The summed E-state index contributed by atoms with van der Waals surface area (Å²) in [5.41, 5.74) is 2.11. The third-order valence-corrected chi connectivity index (χ3v) is 4.08. The molecule has 1 aromatic heterocycles. The van der Waals surface area contributed by atoms with Crippen molar-refractivity contribution in [1.82, 2.24) is 14.9 Å². The predicted octanol–water partition coefficient (Wildman–Crippen LogP) is 1.82. The number of ether oxygens (including phenoxy) is 3. The second-order valence-corrected chi connectivity index (χ2v) is 5.70. The van der Waals surface area contributed by atoms with Gasteiger partial charge in [0.05, 0.1) is 18.5 Å². The van der Waals surface area contributed by atoms with E-state index in [0.717, 1.165) is 36.8 Å². The van der Waals surface area contributed by atoms with E-state index in [4.69, 9.17) is 14.2 Å². The van der Waals surface area contributed by atoms with E-state index in [1.165, 1.54) is 5.56 Å². The quantitative estimate of drug-likeness (QED) is 0.861. The fourth-order valence-electron chi connectivity index (χ4n) is 2.95. The molecule has 1 saturated heterocycles. The highest BCUT2D eigenvalue weighted by Crippen LogP contribution is 2.31. The van der Waals surface area contributed by atoms with Gasteiger partial charge in [0.2, 0.25) is 0 Å². The van der Waals surface area contributed by atoms with Gasteiger partial charge in [0.25, 0.3) is 0 Å². The van der Waals surface area contributed by atoms with Gasteiger partial charge in [-0.1, -0.05) is 6.07 Å². The van der Waals surface area contributed by atoms with Gasteiger partial charge in [-0.2, -0.15) is 0 Å². The van der Waals surface area contributed by atoms with Crippen LogP contribution in [0.25, 0.3) is 0 Å². The normalized spacial score (nSPS) is 21.1. The van der Waals surface area contributed by atoms with Gasteiger partial charge >= 0.3 is 0 Å². The number of morpholine rings is 1. The summed E-state index contributed by atoms with van der Waals surface area (Å²) in [6.45, 7) is 4.51. The molecule has 0 aliphatic carbocycles. The van der Waals surface area contributed by atoms with Crippen molar-refractivity contribution < 1.29 is 14.2 Å². The smallest absolute Gasteiger partial charge is 0.161 e. The summed E-state index contributed by atoms with van der Waals surface area (Å²) in [5.74, 6) is 1.67. The second-order valence-electron chi connectivity index (χ2n) is 5.70. The number of fused-ring (bicyclic) bond motifs is 1. The molecule has 0 saturated carbocycles. The molecule has 0 unspecified atom stereocenters. The van der Waals surface area contributed by atoms with E-state index in [1.807, 2.05) is 6.07 Å². The number of hydrogen-bond donors (Lipinski definition) is 0. The van der Waals surface area contributed by atoms with Crippen LogP contribution < -0.4 is 9.47 Å². The van der Waals surface area contributed by atoms with E-state index >= 15 is 0 Å². The van der Waals surface area contributed by atoms with Crippen LogP contribution in [-0.2, 0) is 11.3 Å². The fourth-order valence-corrected chi connectivity index (χ4v) is 2.95. The van der Waals surface area contributed by atoms with Crippen LogP contribution in [0, 0.1) is 0 Å². The van der Waals surface area contributed by atoms with E-state index in [9.17, 15) is 0 Å². The zero-order valence-electron chi connectivity index (χ0n) is 12.9. The molecule has 0 bridgehead atoms. The topological polar surface area (TPSA) is 56.7 Å². The van der Waals surface area contributed by atoms with Crippen molar-refractivity contribution >= 4 is 0 Å². The summed E-state index contributed by atoms with van der Waals surface area (Å²) < 4.78 is 17.1. The largest absolute Gasteiger partial charge is 0.486 e. The Hall–Kier alpha value is -2.18. The molecule has 0 radical (unpaired) electrons. The molecule has 4 rings (SSSR count). The minimum absolute atomic E-state index is 0.0188. The maximum absolute atomic E-state index is 5.83. The SMILES string of the molecule is c1cnc([C@H]2CN(Cc3ccc4c(c3)OCCO4)CCO2)cn1. The van der Waals surface area contributed by atoms with E-state index in [0.29, 0.717) is 19.8 Å². The summed E-state index contributed by atoms with van der Waals surface area (Å²) in [7, 11) is 0. The number of nitrogens with zero attached hydrogens (tertiary/aromatic N) is 3. The Balaban J connectivity index is 1.44. The standard InChI is InChI=1S/C17H19N3O3/c1-2-15-16(23-8-7-22-15)9-13(1)11-20-5-6-21-17(12-20)14-10-18-3-4-19-14/h1-4,9-10,17H,5-8,11-12H2/t17-/m1/s1. The first kappa shape index (κ1) is 14.4. The van der Waals surface area contributed by atoms with Gasteiger partial charge in [-0.05, 0) is 17.7 Å². The van der Waals surface area contributed by atoms with Crippen LogP contribution in [0.1, 0.15) is 17.4 Å². The lowest BCUT2D eigenvalue weighted by molar-refractivity contribution is -0.0351. The highest BCUT2D eigenvalue weighted by Gasteiger charge is 2.23. The summed E-state index contributed by atoms with van der Waals surface area (Å²) in [5, 5.41) is 0. The molecule has 1 fully saturated rings. The predicted molar refractivity (Wildman–Crippen MR) is 83.4 cm³/mol. The van der Waals surface area contributed by atoms with Crippen molar-refractivity contribution in [3.05, 3.63) is 48.0 Å². The van der Waals surface area contributed by atoms with Gasteiger partial charge in [-0.15, -0.1) is 0 Å². The molecule has 0 N–H and O–H groups in total. The lowest BCUT2D eigenvalue weighted by Gasteiger charge is -2.32. The van der Waals surface area contributed by atoms with E-state index in [1.54, 1.807) is 18.6 Å². The Morgan fingerprint density at radius 1 is 1.09 bits per heavy atom. The molecule has 1 aromatic carbocycles. The van der Waals surface area contributed by atoms with Crippen molar-refractivity contribution in [2.45, 2.75) is 12.6 Å². The zero-order valence-corrected chi connectivity index (χ0v) is 12.9. The van der Waals surface area contributed by atoms with Crippen molar-refractivity contribution in [2.24, 2.45) is 0 Å². The summed E-state index contributed by atoms with van der Waals surface area (Å²) in [6, 6.07) is 6.16. The van der Waals surface area contributed by atoms with Crippen LogP contribution in [0.5, 0.6) is 11.5 Å². The number of hydrogen-bond acceptors (Lipinski definition) is 6. The molecule has 6 nitrogen and oxygen atoms in total. The molecule has 2 aliphatic rings. The fraction of sp³-hybridized carbons (Fsp3) is 0.412. The maximum atomic E-state index is 5.83. The van der Waals surface area contributed by atoms with Crippen LogP contribution in [-0.4, -0.2) is 47.8 Å². The van der Waals surface area contributed by atoms with Crippen molar-refractivity contribution in [1.29, 1.82) is 0 Å². The third kappa shape index (κ3) is 3.28. The van der Waals surface area contributed by atoms with E-state index in [2.05, 4.69) is 27.0 Å². The van der Waals surface area contributed by atoms with Crippen molar-refractivity contribution in [2.75, 3.05) is 32.9 Å². The Morgan fingerprint density at radius 3 is 2.87 bits per heavy atom. The summed E-state index contributed by atoms with van der Waals surface area (Å²) in [6.07, 6.45) is 5.14. The first-order chi connectivity index (χ1) is 11.4. The molecular weight excluding hydrogens is 294 g/mol. The monoisotopic (exact) mass is 313 g/mol. The van der Waals surface area contributed by atoms with Crippen LogP contribution in [0.15, 0.2) is 36.8 Å². The van der Waals surface area contributed by atoms with Gasteiger partial charge in [-0.3, -0.25) is 14.9 Å². The van der Waals surface area contributed by atoms with Crippen LogP contribution >= 0.6 is 0 Å². The first-order valence-electron chi connectivity index (χ1n) is 7.87. The molecular formula is C17H19N3O3. The molecule has 23 heavy (non-hydrogen) atoms. The zero-order chi connectivity index (χ0) is 15.5.